The Morgan fingerprint density at radius 3 is 2.50 bits per heavy atom. The smallest absolute Gasteiger partial charge is 0.321 e. The monoisotopic (exact) mass is 451 g/mol. The number of rotatable bonds is 7. The summed E-state index contributed by atoms with van der Waals surface area (Å²) in [5.74, 6) is 1.73. The zero-order valence-electron chi connectivity index (χ0n) is 18.4. The fraction of sp³-hybridized carbons (Fsp3) is 0.0741. The molecule has 0 radical (unpaired) electrons. The number of carbonyl (C=O) groups excluding carboxylic acids is 1. The molecule has 1 N–H and O–H groups in total. The number of nitrogens with zero attached hydrogens (tertiary/aromatic N) is 2. The van der Waals surface area contributed by atoms with Crippen LogP contribution in [0.1, 0.15) is 21.9 Å². The van der Waals surface area contributed by atoms with Crippen LogP contribution in [0.3, 0.4) is 0 Å². The third kappa shape index (κ3) is 4.88. The Labute approximate surface area is 196 Å². The number of aryl methyl sites for hydroxylation is 1. The number of carbonyl (C=O) groups is 1. The topological polar surface area (TPSA) is 86.5 Å². The largest absolute Gasteiger partial charge is 0.486 e. The normalized spacial score (nSPS) is 10.7. The van der Waals surface area contributed by atoms with Crippen molar-refractivity contribution in [2.75, 3.05) is 5.32 Å². The Morgan fingerprint density at radius 2 is 1.68 bits per heavy atom. The molecule has 168 valence electrons. The molecular weight excluding hydrogens is 430 g/mol. The van der Waals surface area contributed by atoms with Gasteiger partial charge in [-0.3, -0.25) is 4.79 Å². The van der Waals surface area contributed by atoms with Gasteiger partial charge in [0, 0.05) is 18.1 Å². The minimum Gasteiger partial charge on any atom is -0.486 e. The number of benzene rings is 3. The van der Waals surface area contributed by atoms with Crippen molar-refractivity contribution in [3.05, 3.63) is 108 Å². The van der Waals surface area contributed by atoms with Gasteiger partial charge in [0.05, 0.1) is 0 Å². The van der Waals surface area contributed by atoms with Gasteiger partial charge >= 0.3 is 6.01 Å². The predicted molar refractivity (Wildman–Crippen MR) is 128 cm³/mol. The SMILES string of the molecule is Cc1cc(Oc2ncccn2)ccc1NC(=O)c1ccc(COc2ccc3ccccc3c2)o1. The van der Waals surface area contributed by atoms with E-state index in [2.05, 4.69) is 21.4 Å². The van der Waals surface area contributed by atoms with Gasteiger partial charge in [0.2, 0.25) is 0 Å². The van der Waals surface area contributed by atoms with Crippen LogP contribution in [0.2, 0.25) is 0 Å². The van der Waals surface area contributed by atoms with Gasteiger partial charge in [0.15, 0.2) is 5.76 Å². The molecule has 5 aromatic rings. The van der Waals surface area contributed by atoms with Crippen molar-refractivity contribution < 1.29 is 18.7 Å². The second-order valence-electron chi connectivity index (χ2n) is 7.63. The zero-order chi connectivity index (χ0) is 23.3. The molecule has 0 aliphatic heterocycles. The maximum atomic E-state index is 12.7. The number of hydrogen-bond acceptors (Lipinski definition) is 6. The van der Waals surface area contributed by atoms with E-state index in [9.17, 15) is 4.79 Å². The van der Waals surface area contributed by atoms with Gasteiger partial charge in [-0.2, -0.15) is 0 Å². The molecular formula is C27H21N3O4. The second-order valence-corrected chi connectivity index (χ2v) is 7.63. The minimum atomic E-state index is -0.347. The summed E-state index contributed by atoms with van der Waals surface area (Å²) in [5, 5.41) is 5.11. The molecule has 0 aliphatic rings. The lowest BCUT2D eigenvalue weighted by atomic mass is 10.1. The number of anilines is 1. The maximum Gasteiger partial charge on any atom is 0.321 e. The first-order valence-corrected chi connectivity index (χ1v) is 10.7. The molecule has 0 saturated carbocycles. The molecule has 0 aliphatic carbocycles. The van der Waals surface area contributed by atoms with Gasteiger partial charge in [0.25, 0.3) is 5.91 Å². The summed E-state index contributed by atoms with van der Waals surface area (Å²) in [4.78, 5) is 20.8. The van der Waals surface area contributed by atoms with E-state index in [4.69, 9.17) is 13.9 Å². The van der Waals surface area contributed by atoms with Gasteiger partial charge in [-0.05, 0) is 71.8 Å². The van der Waals surface area contributed by atoms with Crippen LogP contribution in [0.25, 0.3) is 10.8 Å². The van der Waals surface area contributed by atoms with Crippen LogP contribution in [0.4, 0.5) is 5.69 Å². The van der Waals surface area contributed by atoms with Crippen LogP contribution < -0.4 is 14.8 Å². The quantitative estimate of drug-likeness (QED) is 0.319. The van der Waals surface area contributed by atoms with Crippen LogP contribution in [-0.4, -0.2) is 15.9 Å². The van der Waals surface area contributed by atoms with Crippen molar-refractivity contribution in [2.24, 2.45) is 0 Å². The Kier molecular flexibility index (Phi) is 5.90. The molecule has 34 heavy (non-hydrogen) atoms. The lowest BCUT2D eigenvalue weighted by Gasteiger charge is -2.10. The van der Waals surface area contributed by atoms with Crippen molar-refractivity contribution >= 4 is 22.4 Å². The number of fused-ring (bicyclic) bond motifs is 1. The molecule has 0 atom stereocenters. The molecule has 0 fully saturated rings. The van der Waals surface area contributed by atoms with E-state index in [1.807, 2.05) is 43.3 Å². The summed E-state index contributed by atoms with van der Waals surface area (Å²) in [5.41, 5.74) is 1.48. The Bertz CT molecular complexity index is 1450. The maximum absolute atomic E-state index is 12.7. The summed E-state index contributed by atoms with van der Waals surface area (Å²) in [6.45, 7) is 2.09. The molecule has 0 bridgehead atoms. The average molecular weight is 451 g/mol. The van der Waals surface area contributed by atoms with E-state index in [0.29, 0.717) is 17.2 Å². The minimum absolute atomic E-state index is 0.203. The third-order valence-corrected chi connectivity index (χ3v) is 5.18. The molecule has 7 heteroatoms. The van der Waals surface area contributed by atoms with Crippen LogP contribution >= 0.6 is 0 Å². The van der Waals surface area contributed by atoms with Crippen LogP contribution in [0, 0.1) is 6.92 Å². The Balaban J connectivity index is 1.20. The fourth-order valence-corrected chi connectivity index (χ4v) is 3.46. The summed E-state index contributed by atoms with van der Waals surface area (Å²) < 4.78 is 17.2. The molecule has 0 unspecified atom stereocenters. The van der Waals surface area contributed by atoms with E-state index >= 15 is 0 Å². The number of amides is 1. The summed E-state index contributed by atoms with van der Waals surface area (Å²) in [7, 11) is 0. The highest BCUT2D eigenvalue weighted by atomic mass is 16.5. The van der Waals surface area contributed by atoms with Crippen molar-refractivity contribution in [1.82, 2.24) is 9.97 Å². The molecule has 3 aromatic carbocycles. The van der Waals surface area contributed by atoms with Gasteiger partial charge < -0.3 is 19.2 Å². The molecule has 1 amide bonds. The van der Waals surface area contributed by atoms with Crippen molar-refractivity contribution in [1.29, 1.82) is 0 Å². The van der Waals surface area contributed by atoms with Crippen molar-refractivity contribution in [3.63, 3.8) is 0 Å². The van der Waals surface area contributed by atoms with Crippen LogP contribution in [0.15, 0.2) is 95.7 Å². The number of furan rings is 1. The van der Waals surface area contributed by atoms with Gasteiger partial charge in [-0.25, -0.2) is 9.97 Å². The molecule has 2 aromatic heterocycles. The Hall–Kier alpha value is -4.65. The van der Waals surface area contributed by atoms with E-state index in [1.165, 1.54) is 0 Å². The fourth-order valence-electron chi connectivity index (χ4n) is 3.46. The summed E-state index contributed by atoms with van der Waals surface area (Å²) in [6, 6.07) is 24.6. The predicted octanol–water partition coefficient (Wildman–Crippen LogP) is 6.15. The number of hydrogen-bond donors (Lipinski definition) is 1. The number of nitrogens with one attached hydrogen (secondary N) is 1. The standard InChI is InChI=1S/C27H21N3O4/c1-18-15-22(34-27-28-13-4-14-29-27)9-11-24(18)30-26(31)25-12-10-23(33-25)17-32-21-8-7-19-5-2-3-6-20(19)16-21/h2-16H,17H2,1H3,(H,30,31). The lowest BCUT2D eigenvalue weighted by molar-refractivity contribution is 0.0992. The van der Waals surface area contributed by atoms with Gasteiger partial charge in [0.1, 0.15) is 23.9 Å². The van der Waals surface area contributed by atoms with E-state index in [1.54, 1.807) is 48.8 Å². The number of ether oxygens (including phenoxy) is 2. The highest BCUT2D eigenvalue weighted by Gasteiger charge is 2.14. The molecule has 0 spiro atoms. The van der Waals surface area contributed by atoms with Crippen molar-refractivity contribution in [2.45, 2.75) is 13.5 Å². The second kappa shape index (κ2) is 9.46. The van der Waals surface area contributed by atoms with Gasteiger partial charge in [-0.1, -0.05) is 30.3 Å². The Morgan fingerprint density at radius 1 is 0.882 bits per heavy atom. The first kappa shape index (κ1) is 21.2. The summed E-state index contributed by atoms with van der Waals surface area (Å²) in [6.07, 6.45) is 3.21. The molecule has 2 heterocycles. The summed E-state index contributed by atoms with van der Waals surface area (Å²) >= 11 is 0. The van der Waals surface area contributed by atoms with Crippen LogP contribution in [-0.2, 0) is 6.61 Å². The number of aromatic nitrogens is 2. The molecule has 5 rings (SSSR count). The average Bonchev–Trinajstić information content (AvgIpc) is 3.34. The van der Waals surface area contributed by atoms with E-state index in [0.717, 1.165) is 22.1 Å². The third-order valence-electron chi connectivity index (χ3n) is 5.18. The first-order chi connectivity index (χ1) is 16.6. The van der Waals surface area contributed by atoms with Gasteiger partial charge in [-0.15, -0.1) is 0 Å². The highest BCUT2D eigenvalue weighted by Crippen LogP contribution is 2.25. The lowest BCUT2D eigenvalue weighted by Crippen LogP contribution is -2.12. The highest BCUT2D eigenvalue weighted by molar-refractivity contribution is 6.02. The zero-order valence-corrected chi connectivity index (χ0v) is 18.4. The van der Waals surface area contributed by atoms with Crippen LogP contribution in [0.5, 0.6) is 17.5 Å². The van der Waals surface area contributed by atoms with E-state index in [-0.39, 0.29) is 24.3 Å². The molecule has 0 saturated heterocycles. The molecule has 7 nitrogen and oxygen atoms in total. The van der Waals surface area contributed by atoms with E-state index < -0.39 is 0 Å². The van der Waals surface area contributed by atoms with Crippen molar-refractivity contribution in [3.8, 4) is 17.5 Å². The first-order valence-electron chi connectivity index (χ1n) is 10.7.